The zero-order valence-electron chi connectivity index (χ0n) is 13.5. The van der Waals surface area contributed by atoms with Crippen molar-refractivity contribution in [2.75, 3.05) is 11.0 Å². The van der Waals surface area contributed by atoms with Crippen LogP contribution in [0.4, 0.5) is 19.0 Å². The maximum Gasteiger partial charge on any atom is 0.391 e. The number of nitrogens with zero attached hydrogens (tertiary/aromatic N) is 1. The fourth-order valence-corrected chi connectivity index (χ4v) is 3.60. The smallest absolute Gasteiger partial charge is 0.373 e. The molecule has 0 unspecified atom stereocenters. The zero-order chi connectivity index (χ0) is 18.0. The molecule has 1 aromatic carbocycles. The van der Waals surface area contributed by atoms with E-state index in [1.807, 2.05) is 6.26 Å². The third kappa shape index (κ3) is 4.35. The Balaban J connectivity index is 1.61. The molecule has 0 spiro atoms. The molecule has 0 atom stereocenters. The monoisotopic (exact) mass is 394 g/mol. The quantitative estimate of drug-likeness (QED) is 0.648. The summed E-state index contributed by atoms with van der Waals surface area (Å²) in [5, 5.41) is 5.23. The van der Waals surface area contributed by atoms with Crippen LogP contribution in [0.15, 0.2) is 16.7 Å². The van der Waals surface area contributed by atoms with Crippen molar-refractivity contribution < 1.29 is 22.4 Å². The minimum atomic E-state index is -4.10. The van der Waals surface area contributed by atoms with Crippen LogP contribution in [0.1, 0.15) is 31.2 Å². The second-order valence-electron chi connectivity index (χ2n) is 6.10. The number of ether oxygens (including phenoxy) is 1. The molecule has 2 aromatic rings. The van der Waals surface area contributed by atoms with Crippen LogP contribution >= 0.6 is 23.5 Å². The molecule has 0 amide bonds. The maximum atomic E-state index is 12.7. The molecular weight excluding hydrogens is 377 g/mol. The van der Waals surface area contributed by atoms with Crippen LogP contribution in [-0.2, 0) is 11.3 Å². The number of aromatic nitrogens is 1. The minimum absolute atomic E-state index is 0.118. The number of halogens is 4. The van der Waals surface area contributed by atoms with Gasteiger partial charge in [-0.2, -0.15) is 13.2 Å². The standard InChI is InChI=1S/C16H18ClF3N2O2S/c1-25-22-15-12-7-13(17)9(6-14(12)24-21-15)8-23-11-4-2-10(3-5-11)16(18,19)20/h6-7,10-11H,2-5,8H2,1H3,(H,21,22). The number of hydrogen-bond acceptors (Lipinski definition) is 5. The van der Waals surface area contributed by atoms with E-state index in [2.05, 4.69) is 9.88 Å². The van der Waals surface area contributed by atoms with Crippen LogP contribution in [-0.4, -0.2) is 23.7 Å². The molecule has 1 aliphatic rings. The first-order chi connectivity index (χ1) is 11.9. The van der Waals surface area contributed by atoms with Crippen molar-refractivity contribution in [1.29, 1.82) is 0 Å². The fraction of sp³-hybridized carbons (Fsp3) is 0.562. The molecule has 1 N–H and O–H groups in total. The average molecular weight is 395 g/mol. The molecular formula is C16H18ClF3N2O2S. The summed E-state index contributed by atoms with van der Waals surface area (Å²) < 4.78 is 52.2. The van der Waals surface area contributed by atoms with Gasteiger partial charge in [0.15, 0.2) is 11.4 Å². The number of anilines is 1. The number of hydrogen-bond donors (Lipinski definition) is 1. The molecule has 0 aliphatic heterocycles. The van der Waals surface area contributed by atoms with E-state index in [1.165, 1.54) is 11.9 Å². The summed E-state index contributed by atoms with van der Waals surface area (Å²) in [7, 11) is 0. The van der Waals surface area contributed by atoms with Crippen LogP contribution in [0, 0.1) is 5.92 Å². The van der Waals surface area contributed by atoms with Crippen LogP contribution in [0.2, 0.25) is 5.02 Å². The molecule has 9 heteroatoms. The number of rotatable bonds is 5. The summed E-state index contributed by atoms with van der Waals surface area (Å²) in [6, 6.07) is 3.52. The van der Waals surface area contributed by atoms with Gasteiger partial charge in [-0.15, -0.1) is 0 Å². The molecule has 3 rings (SSSR count). The number of nitrogens with one attached hydrogen (secondary N) is 1. The Bertz CT molecular complexity index is 730. The van der Waals surface area contributed by atoms with E-state index in [-0.39, 0.29) is 25.6 Å². The first-order valence-corrected chi connectivity index (χ1v) is 9.54. The van der Waals surface area contributed by atoms with Gasteiger partial charge in [-0.3, -0.25) is 0 Å². The Hall–Kier alpha value is -1.12. The number of benzene rings is 1. The maximum absolute atomic E-state index is 12.7. The molecule has 0 saturated heterocycles. The molecule has 138 valence electrons. The Morgan fingerprint density at radius 3 is 2.68 bits per heavy atom. The molecule has 0 bridgehead atoms. The SMILES string of the molecule is CSNc1noc2cc(COC3CCC(C(F)(F)F)CC3)c(Cl)cc12. The summed E-state index contributed by atoms with van der Waals surface area (Å²) in [6.45, 7) is 0.238. The van der Waals surface area contributed by atoms with Gasteiger partial charge in [-0.05, 0) is 37.8 Å². The van der Waals surface area contributed by atoms with Gasteiger partial charge < -0.3 is 14.0 Å². The second-order valence-corrected chi connectivity index (χ2v) is 7.12. The highest BCUT2D eigenvalue weighted by Crippen LogP contribution is 2.38. The van der Waals surface area contributed by atoms with Crippen molar-refractivity contribution in [3.05, 3.63) is 22.7 Å². The topological polar surface area (TPSA) is 47.3 Å². The molecule has 1 aromatic heterocycles. The van der Waals surface area contributed by atoms with Crippen LogP contribution in [0.25, 0.3) is 11.0 Å². The van der Waals surface area contributed by atoms with Gasteiger partial charge in [0.2, 0.25) is 0 Å². The Labute approximate surface area is 152 Å². The van der Waals surface area contributed by atoms with Crippen molar-refractivity contribution in [2.45, 2.75) is 44.6 Å². The van der Waals surface area contributed by atoms with Gasteiger partial charge in [-0.1, -0.05) is 28.7 Å². The van der Waals surface area contributed by atoms with Gasteiger partial charge >= 0.3 is 6.18 Å². The molecule has 1 heterocycles. The van der Waals surface area contributed by atoms with E-state index >= 15 is 0 Å². The highest BCUT2D eigenvalue weighted by Gasteiger charge is 2.41. The van der Waals surface area contributed by atoms with Gasteiger partial charge in [-0.25, -0.2) is 0 Å². The molecule has 0 radical (unpaired) electrons. The Morgan fingerprint density at radius 2 is 2.04 bits per heavy atom. The predicted octanol–water partition coefficient (Wildman–Crippen LogP) is 5.81. The van der Waals surface area contributed by atoms with Gasteiger partial charge in [0.25, 0.3) is 0 Å². The Kier molecular flexibility index (Phi) is 5.70. The third-order valence-corrected chi connectivity index (χ3v) is 5.20. The fourth-order valence-electron chi connectivity index (χ4n) is 3.05. The lowest BCUT2D eigenvalue weighted by atomic mass is 9.87. The van der Waals surface area contributed by atoms with E-state index in [0.717, 1.165) is 10.9 Å². The van der Waals surface area contributed by atoms with Gasteiger partial charge in [0.1, 0.15) is 0 Å². The van der Waals surface area contributed by atoms with E-state index in [4.69, 9.17) is 20.9 Å². The van der Waals surface area contributed by atoms with E-state index < -0.39 is 12.1 Å². The summed E-state index contributed by atoms with van der Waals surface area (Å²) >= 11 is 7.69. The summed E-state index contributed by atoms with van der Waals surface area (Å²) in [6.07, 6.45) is -1.35. The molecule has 25 heavy (non-hydrogen) atoms. The average Bonchev–Trinajstić information content (AvgIpc) is 2.94. The summed E-state index contributed by atoms with van der Waals surface area (Å²) in [5.41, 5.74) is 1.32. The van der Waals surface area contributed by atoms with Crippen LogP contribution in [0.5, 0.6) is 0 Å². The van der Waals surface area contributed by atoms with E-state index in [0.29, 0.717) is 29.3 Å². The van der Waals surface area contributed by atoms with Gasteiger partial charge in [0.05, 0.1) is 24.0 Å². The predicted molar refractivity (Wildman–Crippen MR) is 92.7 cm³/mol. The minimum Gasteiger partial charge on any atom is -0.373 e. The van der Waals surface area contributed by atoms with Crippen LogP contribution in [0.3, 0.4) is 0 Å². The van der Waals surface area contributed by atoms with Crippen molar-refractivity contribution in [3.8, 4) is 0 Å². The molecule has 1 fully saturated rings. The summed E-state index contributed by atoms with van der Waals surface area (Å²) in [5.74, 6) is -0.605. The molecule has 1 aliphatic carbocycles. The lowest BCUT2D eigenvalue weighted by Crippen LogP contribution is -2.30. The first-order valence-electron chi connectivity index (χ1n) is 7.93. The van der Waals surface area contributed by atoms with Gasteiger partial charge in [0, 0.05) is 16.8 Å². The number of alkyl halides is 3. The first kappa shape index (κ1) is 18.7. The Morgan fingerprint density at radius 1 is 1.32 bits per heavy atom. The number of fused-ring (bicyclic) bond motifs is 1. The lowest BCUT2D eigenvalue weighted by Gasteiger charge is -2.29. The highest BCUT2D eigenvalue weighted by atomic mass is 35.5. The third-order valence-electron chi connectivity index (χ3n) is 4.45. The highest BCUT2D eigenvalue weighted by molar-refractivity contribution is 7.99. The van der Waals surface area contributed by atoms with E-state index in [9.17, 15) is 13.2 Å². The van der Waals surface area contributed by atoms with Crippen LogP contribution < -0.4 is 4.72 Å². The van der Waals surface area contributed by atoms with Crippen molar-refractivity contribution in [3.63, 3.8) is 0 Å². The molecule has 4 nitrogen and oxygen atoms in total. The van der Waals surface area contributed by atoms with Crippen molar-refractivity contribution in [1.82, 2.24) is 5.16 Å². The van der Waals surface area contributed by atoms with Crippen molar-refractivity contribution >= 4 is 40.3 Å². The zero-order valence-corrected chi connectivity index (χ0v) is 15.1. The summed E-state index contributed by atoms with van der Waals surface area (Å²) in [4.78, 5) is 0. The molecule has 1 saturated carbocycles. The largest absolute Gasteiger partial charge is 0.391 e. The van der Waals surface area contributed by atoms with E-state index in [1.54, 1.807) is 12.1 Å². The second kappa shape index (κ2) is 7.63. The van der Waals surface area contributed by atoms with Crippen molar-refractivity contribution in [2.24, 2.45) is 5.92 Å². The normalized spacial score (nSPS) is 21.6. The lowest BCUT2D eigenvalue weighted by molar-refractivity contribution is -0.188.